The van der Waals surface area contributed by atoms with Gasteiger partial charge in [0, 0.05) is 20.1 Å². The van der Waals surface area contributed by atoms with Gasteiger partial charge in [-0.1, -0.05) is 0 Å². The summed E-state index contributed by atoms with van der Waals surface area (Å²) in [5.41, 5.74) is 6.09. The number of rotatable bonds is 6. The zero-order valence-corrected chi connectivity index (χ0v) is 10.6. The Morgan fingerprint density at radius 1 is 1.56 bits per heavy atom. The van der Waals surface area contributed by atoms with Crippen molar-refractivity contribution in [2.24, 2.45) is 5.73 Å². The lowest BCUT2D eigenvalue weighted by Gasteiger charge is -2.35. The van der Waals surface area contributed by atoms with E-state index in [0.29, 0.717) is 31.2 Å². The van der Waals surface area contributed by atoms with Gasteiger partial charge in [-0.2, -0.15) is 0 Å². The largest absolute Gasteiger partial charge is 0.461 e. The molecule has 1 aromatic rings. The number of hydrogen-bond acceptors (Lipinski definition) is 5. The van der Waals surface area contributed by atoms with Crippen molar-refractivity contribution in [1.29, 1.82) is 0 Å². The van der Waals surface area contributed by atoms with E-state index in [1.807, 2.05) is 0 Å². The van der Waals surface area contributed by atoms with Crippen LogP contribution in [0, 0.1) is 0 Å². The molecule has 1 heterocycles. The number of H-pyrrole nitrogens is 1. The van der Waals surface area contributed by atoms with Gasteiger partial charge in [0.1, 0.15) is 11.5 Å². The number of esters is 1. The summed E-state index contributed by atoms with van der Waals surface area (Å²) in [6.45, 7) is 0.919. The van der Waals surface area contributed by atoms with Crippen LogP contribution >= 0.6 is 0 Å². The van der Waals surface area contributed by atoms with Crippen LogP contribution in [0.5, 0.6) is 0 Å². The Morgan fingerprint density at radius 3 is 2.94 bits per heavy atom. The molecule has 6 heteroatoms. The van der Waals surface area contributed by atoms with E-state index in [1.54, 1.807) is 7.11 Å². The molecular weight excluding hydrogens is 234 g/mol. The van der Waals surface area contributed by atoms with E-state index < -0.39 is 5.97 Å². The molecule has 1 saturated carbocycles. The van der Waals surface area contributed by atoms with Crippen molar-refractivity contribution < 1.29 is 14.3 Å². The number of ether oxygens (including phenoxy) is 2. The van der Waals surface area contributed by atoms with E-state index in [0.717, 1.165) is 19.3 Å². The Hall–Kier alpha value is -1.40. The van der Waals surface area contributed by atoms with Gasteiger partial charge in [-0.25, -0.2) is 9.78 Å². The van der Waals surface area contributed by atoms with Gasteiger partial charge in [-0.15, -0.1) is 0 Å². The minimum atomic E-state index is -0.396. The minimum Gasteiger partial charge on any atom is -0.461 e. The molecule has 1 aliphatic rings. The molecule has 18 heavy (non-hydrogen) atoms. The van der Waals surface area contributed by atoms with Crippen molar-refractivity contribution in [3.8, 4) is 0 Å². The summed E-state index contributed by atoms with van der Waals surface area (Å²) < 4.78 is 9.95. The Labute approximate surface area is 106 Å². The molecule has 1 aliphatic carbocycles. The van der Waals surface area contributed by atoms with Gasteiger partial charge < -0.3 is 20.2 Å². The fourth-order valence-corrected chi connectivity index (χ4v) is 1.92. The average molecular weight is 253 g/mol. The highest BCUT2D eigenvalue weighted by molar-refractivity contribution is 5.87. The first-order chi connectivity index (χ1) is 8.65. The second kappa shape index (κ2) is 5.49. The van der Waals surface area contributed by atoms with E-state index in [4.69, 9.17) is 15.2 Å². The Bertz CT molecular complexity index is 412. The van der Waals surface area contributed by atoms with Crippen LogP contribution in [0.1, 0.15) is 42.0 Å². The third kappa shape index (κ3) is 2.70. The zero-order chi connectivity index (χ0) is 13.0. The zero-order valence-electron chi connectivity index (χ0n) is 10.6. The van der Waals surface area contributed by atoms with Crippen molar-refractivity contribution in [2.45, 2.75) is 31.2 Å². The summed E-state index contributed by atoms with van der Waals surface area (Å²) in [6.07, 6.45) is 5.09. The monoisotopic (exact) mass is 253 g/mol. The maximum absolute atomic E-state index is 11.7. The highest BCUT2D eigenvalue weighted by Crippen LogP contribution is 2.36. The predicted molar refractivity (Wildman–Crippen MR) is 65.1 cm³/mol. The first-order valence-corrected chi connectivity index (χ1v) is 6.16. The number of carbonyl (C=O) groups is 1. The molecule has 0 atom stereocenters. The van der Waals surface area contributed by atoms with Gasteiger partial charge in [0.05, 0.1) is 18.3 Å². The molecule has 0 aromatic carbocycles. The van der Waals surface area contributed by atoms with Crippen LogP contribution in [0.15, 0.2) is 6.20 Å². The molecule has 0 bridgehead atoms. The first-order valence-electron chi connectivity index (χ1n) is 6.16. The van der Waals surface area contributed by atoms with Crippen molar-refractivity contribution in [3.05, 3.63) is 17.7 Å². The number of methoxy groups -OCH3 is 1. The third-order valence-electron chi connectivity index (χ3n) is 3.24. The fraction of sp³-hybridized carbons (Fsp3) is 0.667. The second-order valence-electron chi connectivity index (χ2n) is 4.64. The van der Waals surface area contributed by atoms with Crippen LogP contribution in [0.2, 0.25) is 0 Å². The molecule has 0 amide bonds. The molecule has 3 N–H and O–H groups in total. The summed E-state index contributed by atoms with van der Waals surface area (Å²) in [6, 6.07) is 0. The first kappa shape index (κ1) is 13.0. The molecule has 0 aliphatic heterocycles. The molecule has 0 radical (unpaired) electrons. The Morgan fingerprint density at radius 2 is 2.33 bits per heavy atom. The number of aromatic amines is 1. The number of aromatic nitrogens is 2. The van der Waals surface area contributed by atoms with Crippen LogP contribution in [-0.4, -0.2) is 36.3 Å². The molecule has 100 valence electrons. The molecule has 1 fully saturated rings. The fourth-order valence-electron chi connectivity index (χ4n) is 1.92. The lowest BCUT2D eigenvalue weighted by atomic mass is 9.77. The van der Waals surface area contributed by atoms with E-state index in [9.17, 15) is 4.79 Å². The molecule has 0 unspecified atom stereocenters. The van der Waals surface area contributed by atoms with Crippen molar-refractivity contribution in [2.75, 3.05) is 20.3 Å². The third-order valence-corrected chi connectivity index (χ3v) is 3.24. The number of nitrogens with one attached hydrogen (secondary N) is 1. The van der Waals surface area contributed by atoms with Crippen LogP contribution in [-0.2, 0) is 15.0 Å². The lowest BCUT2D eigenvalue weighted by molar-refractivity contribution is 0.0462. The van der Waals surface area contributed by atoms with E-state index >= 15 is 0 Å². The lowest BCUT2D eigenvalue weighted by Crippen LogP contribution is -2.44. The maximum Gasteiger partial charge on any atom is 0.356 e. The van der Waals surface area contributed by atoms with Crippen molar-refractivity contribution in [3.63, 3.8) is 0 Å². The highest BCUT2D eigenvalue weighted by Gasteiger charge is 2.37. The van der Waals surface area contributed by atoms with Crippen LogP contribution < -0.4 is 5.73 Å². The van der Waals surface area contributed by atoms with Crippen LogP contribution in [0.4, 0.5) is 0 Å². The average Bonchev–Trinajstić information content (AvgIpc) is 2.81. The molecule has 2 rings (SSSR count). The van der Waals surface area contributed by atoms with Gasteiger partial charge >= 0.3 is 5.97 Å². The number of carbonyl (C=O) groups excluding carboxylic acids is 1. The number of nitrogens with zero attached hydrogens (tertiary/aromatic N) is 1. The smallest absolute Gasteiger partial charge is 0.356 e. The maximum atomic E-state index is 11.7. The van der Waals surface area contributed by atoms with Crippen LogP contribution in [0.25, 0.3) is 0 Å². The van der Waals surface area contributed by atoms with Gasteiger partial charge in [0.2, 0.25) is 0 Å². The highest BCUT2D eigenvalue weighted by atomic mass is 16.5. The normalized spacial score (nSPS) is 17.2. The minimum absolute atomic E-state index is 0.342. The van der Waals surface area contributed by atoms with E-state index in [2.05, 4.69) is 9.97 Å². The van der Waals surface area contributed by atoms with Crippen molar-refractivity contribution in [1.82, 2.24) is 9.97 Å². The van der Waals surface area contributed by atoms with E-state index in [-0.39, 0.29) is 5.54 Å². The Kier molecular flexibility index (Phi) is 3.98. The van der Waals surface area contributed by atoms with Crippen LogP contribution in [0.3, 0.4) is 0 Å². The summed E-state index contributed by atoms with van der Waals surface area (Å²) >= 11 is 0. The van der Waals surface area contributed by atoms with Gasteiger partial charge in [-0.05, 0) is 19.3 Å². The van der Waals surface area contributed by atoms with Gasteiger partial charge in [-0.3, -0.25) is 0 Å². The van der Waals surface area contributed by atoms with Gasteiger partial charge in [0.15, 0.2) is 0 Å². The van der Waals surface area contributed by atoms with Gasteiger partial charge in [0.25, 0.3) is 0 Å². The SMILES string of the molecule is COCCCOC(=O)c1cnc(C2(N)CCC2)[nH]1. The summed E-state index contributed by atoms with van der Waals surface area (Å²) in [4.78, 5) is 18.8. The molecule has 6 nitrogen and oxygen atoms in total. The standard InChI is InChI=1S/C12H19N3O3/c1-17-6-3-7-18-10(16)9-8-14-11(15-9)12(13)4-2-5-12/h8H,2-7,13H2,1H3,(H,14,15). The summed E-state index contributed by atoms with van der Waals surface area (Å²) in [5.74, 6) is 0.283. The topological polar surface area (TPSA) is 90.2 Å². The number of hydrogen-bond donors (Lipinski definition) is 2. The summed E-state index contributed by atoms with van der Waals surface area (Å²) in [5, 5.41) is 0. The predicted octanol–water partition coefficient (Wildman–Crippen LogP) is 0.941. The van der Waals surface area contributed by atoms with Crippen molar-refractivity contribution >= 4 is 5.97 Å². The molecule has 1 aromatic heterocycles. The Balaban J connectivity index is 1.87. The second-order valence-corrected chi connectivity index (χ2v) is 4.64. The summed E-state index contributed by atoms with van der Waals surface area (Å²) in [7, 11) is 1.61. The molecule has 0 spiro atoms. The molecule has 0 saturated heterocycles. The quantitative estimate of drug-likeness (QED) is 0.581. The number of nitrogens with two attached hydrogens (primary N) is 1. The van der Waals surface area contributed by atoms with E-state index in [1.165, 1.54) is 6.20 Å². The molecular formula is C12H19N3O3. The number of imidazole rings is 1.